The monoisotopic (exact) mass is 263 g/mol. The molecule has 2 aromatic rings. The molecule has 1 aromatic carbocycles. The number of carboxylic acid groups (broad SMARTS) is 1. The number of aryl methyl sites for hydroxylation is 1. The number of rotatable bonds is 5. The van der Waals surface area contributed by atoms with Gasteiger partial charge in [0, 0.05) is 20.1 Å². The molecule has 0 aliphatic rings. The molecule has 0 spiro atoms. The first-order valence-electron chi connectivity index (χ1n) is 6.21. The second kappa shape index (κ2) is 5.60. The third kappa shape index (κ3) is 2.96. The fraction of sp³-hybridized carbons (Fsp3) is 0.385. The summed E-state index contributed by atoms with van der Waals surface area (Å²) >= 11 is 0. The molecule has 0 unspecified atom stereocenters. The Bertz CT molecular complexity index is 629. The fourth-order valence-electron chi connectivity index (χ4n) is 2.04. The number of para-hydroxylation sites is 2. The Morgan fingerprint density at radius 1 is 1.37 bits per heavy atom. The summed E-state index contributed by atoms with van der Waals surface area (Å²) in [6, 6.07) is 7.54. The minimum atomic E-state index is -0.927. The van der Waals surface area contributed by atoms with Crippen LogP contribution in [-0.2, 0) is 6.54 Å². The Kier molecular flexibility index (Phi) is 3.89. The maximum Gasteiger partial charge on any atom is 0.407 e. The number of benzene rings is 1. The largest absolute Gasteiger partial charge is 0.465 e. The van der Waals surface area contributed by atoms with Crippen LogP contribution < -0.4 is 5.69 Å². The molecular formula is C13H17N3O3. The molecule has 102 valence electrons. The van der Waals surface area contributed by atoms with E-state index >= 15 is 0 Å². The molecule has 0 bridgehead atoms. The summed E-state index contributed by atoms with van der Waals surface area (Å²) in [6.07, 6.45) is 0.568. The van der Waals surface area contributed by atoms with Crippen molar-refractivity contribution >= 4 is 17.1 Å². The molecule has 6 nitrogen and oxygen atoms in total. The van der Waals surface area contributed by atoms with E-state index in [4.69, 9.17) is 5.11 Å². The van der Waals surface area contributed by atoms with Gasteiger partial charge in [0.25, 0.3) is 0 Å². The summed E-state index contributed by atoms with van der Waals surface area (Å²) in [5, 5.41) is 8.72. The summed E-state index contributed by atoms with van der Waals surface area (Å²) in [7, 11) is 1.54. The van der Waals surface area contributed by atoms with E-state index in [2.05, 4.69) is 4.98 Å². The van der Waals surface area contributed by atoms with Crippen molar-refractivity contribution in [3.63, 3.8) is 0 Å². The van der Waals surface area contributed by atoms with Gasteiger partial charge in [0.05, 0.1) is 11.0 Å². The molecule has 1 heterocycles. The lowest BCUT2D eigenvalue weighted by molar-refractivity contribution is 0.155. The first-order chi connectivity index (χ1) is 9.09. The highest BCUT2D eigenvalue weighted by molar-refractivity contribution is 5.74. The topological polar surface area (TPSA) is 78.3 Å². The van der Waals surface area contributed by atoms with Gasteiger partial charge < -0.3 is 15.0 Å². The van der Waals surface area contributed by atoms with Crippen LogP contribution in [0.15, 0.2) is 29.1 Å². The molecule has 19 heavy (non-hydrogen) atoms. The molecule has 0 saturated carbocycles. The minimum Gasteiger partial charge on any atom is -0.465 e. The van der Waals surface area contributed by atoms with E-state index in [1.54, 1.807) is 11.6 Å². The molecule has 2 rings (SSSR count). The molecule has 0 atom stereocenters. The van der Waals surface area contributed by atoms with Gasteiger partial charge >= 0.3 is 11.8 Å². The zero-order chi connectivity index (χ0) is 13.8. The molecule has 2 N–H and O–H groups in total. The quantitative estimate of drug-likeness (QED) is 0.806. The van der Waals surface area contributed by atoms with E-state index in [1.807, 2.05) is 24.3 Å². The molecule has 1 amide bonds. The van der Waals surface area contributed by atoms with Gasteiger partial charge in [0.15, 0.2) is 0 Å². The lowest BCUT2D eigenvalue weighted by atomic mass is 10.3. The molecule has 0 aliphatic carbocycles. The first-order valence-corrected chi connectivity index (χ1v) is 6.21. The van der Waals surface area contributed by atoms with Gasteiger partial charge in [0.1, 0.15) is 0 Å². The number of amides is 1. The third-order valence-electron chi connectivity index (χ3n) is 3.13. The number of unbranched alkanes of at least 4 members (excludes halogenated alkanes) is 1. The average molecular weight is 263 g/mol. The van der Waals surface area contributed by atoms with Gasteiger partial charge in [-0.15, -0.1) is 0 Å². The van der Waals surface area contributed by atoms with Crippen molar-refractivity contribution < 1.29 is 9.90 Å². The number of aromatic nitrogens is 2. The van der Waals surface area contributed by atoms with Crippen LogP contribution in [0.3, 0.4) is 0 Å². The second-order valence-electron chi connectivity index (χ2n) is 4.51. The average Bonchev–Trinajstić information content (AvgIpc) is 2.70. The zero-order valence-electron chi connectivity index (χ0n) is 10.8. The van der Waals surface area contributed by atoms with Crippen LogP contribution in [0.1, 0.15) is 12.8 Å². The summed E-state index contributed by atoms with van der Waals surface area (Å²) in [6.45, 7) is 1.07. The van der Waals surface area contributed by atoms with Crippen molar-refractivity contribution in [2.75, 3.05) is 13.6 Å². The number of imidazole rings is 1. The van der Waals surface area contributed by atoms with Gasteiger partial charge in [-0.2, -0.15) is 0 Å². The van der Waals surface area contributed by atoms with E-state index < -0.39 is 6.09 Å². The van der Waals surface area contributed by atoms with Crippen LogP contribution >= 0.6 is 0 Å². The molecule has 0 saturated heterocycles. The van der Waals surface area contributed by atoms with E-state index in [-0.39, 0.29) is 5.69 Å². The van der Waals surface area contributed by atoms with Gasteiger partial charge in [-0.1, -0.05) is 12.1 Å². The standard InChI is InChI=1S/C13H17N3O3/c1-15(13(18)19)8-4-5-9-16-11-7-3-2-6-10(11)14-12(16)17/h2-3,6-7H,4-5,8-9H2,1H3,(H,14,17)(H,18,19). The fourth-order valence-corrected chi connectivity index (χ4v) is 2.04. The predicted octanol–water partition coefficient (Wildman–Crippen LogP) is 1.72. The molecule has 6 heteroatoms. The lowest BCUT2D eigenvalue weighted by Crippen LogP contribution is -2.26. The number of nitrogens with zero attached hydrogens (tertiary/aromatic N) is 2. The lowest BCUT2D eigenvalue weighted by Gasteiger charge is -2.12. The van der Waals surface area contributed by atoms with Crippen molar-refractivity contribution in [1.29, 1.82) is 0 Å². The Morgan fingerprint density at radius 2 is 2.11 bits per heavy atom. The van der Waals surface area contributed by atoms with Crippen LogP contribution in [0.5, 0.6) is 0 Å². The summed E-state index contributed by atoms with van der Waals surface area (Å²) in [5.41, 5.74) is 1.60. The van der Waals surface area contributed by atoms with Crippen molar-refractivity contribution in [2.45, 2.75) is 19.4 Å². The Balaban J connectivity index is 1.97. The number of fused-ring (bicyclic) bond motifs is 1. The third-order valence-corrected chi connectivity index (χ3v) is 3.13. The number of H-pyrrole nitrogens is 1. The van der Waals surface area contributed by atoms with E-state index in [0.29, 0.717) is 13.1 Å². The first kappa shape index (κ1) is 13.2. The van der Waals surface area contributed by atoms with Crippen molar-refractivity contribution in [2.24, 2.45) is 0 Å². The predicted molar refractivity (Wildman–Crippen MR) is 72.4 cm³/mol. The van der Waals surface area contributed by atoms with Crippen LogP contribution in [0, 0.1) is 0 Å². The number of nitrogens with one attached hydrogen (secondary N) is 1. The SMILES string of the molecule is CN(CCCCn1c(=O)[nH]c2ccccc21)C(=O)O. The Morgan fingerprint density at radius 3 is 2.84 bits per heavy atom. The number of carbonyl (C=O) groups is 1. The van der Waals surface area contributed by atoms with Crippen molar-refractivity contribution in [3.05, 3.63) is 34.7 Å². The number of aromatic amines is 1. The van der Waals surface area contributed by atoms with Gasteiger partial charge in [-0.3, -0.25) is 4.57 Å². The molecule has 0 aliphatic heterocycles. The van der Waals surface area contributed by atoms with Crippen LogP contribution in [-0.4, -0.2) is 39.2 Å². The minimum absolute atomic E-state index is 0.118. The Labute approximate surface area is 110 Å². The zero-order valence-corrected chi connectivity index (χ0v) is 10.8. The maximum absolute atomic E-state index is 11.8. The van der Waals surface area contributed by atoms with Gasteiger partial charge in [-0.05, 0) is 25.0 Å². The Hall–Kier alpha value is -2.24. The van der Waals surface area contributed by atoms with Crippen molar-refractivity contribution in [3.8, 4) is 0 Å². The highest BCUT2D eigenvalue weighted by Gasteiger charge is 2.07. The smallest absolute Gasteiger partial charge is 0.407 e. The van der Waals surface area contributed by atoms with Crippen LogP contribution in [0.2, 0.25) is 0 Å². The van der Waals surface area contributed by atoms with Crippen LogP contribution in [0.4, 0.5) is 4.79 Å². The number of hydrogen-bond donors (Lipinski definition) is 2. The van der Waals surface area contributed by atoms with Crippen LogP contribution in [0.25, 0.3) is 11.0 Å². The molecular weight excluding hydrogens is 246 g/mol. The molecule has 0 fully saturated rings. The number of hydrogen-bond acceptors (Lipinski definition) is 2. The summed E-state index contributed by atoms with van der Waals surface area (Å²) in [5.74, 6) is 0. The van der Waals surface area contributed by atoms with Gasteiger partial charge in [-0.25, -0.2) is 9.59 Å². The second-order valence-corrected chi connectivity index (χ2v) is 4.51. The van der Waals surface area contributed by atoms with Gasteiger partial charge in [0.2, 0.25) is 0 Å². The highest BCUT2D eigenvalue weighted by atomic mass is 16.4. The van der Waals surface area contributed by atoms with E-state index in [1.165, 1.54) is 4.90 Å². The maximum atomic E-state index is 11.8. The normalized spacial score (nSPS) is 10.8. The van der Waals surface area contributed by atoms with Crippen molar-refractivity contribution in [1.82, 2.24) is 14.5 Å². The van der Waals surface area contributed by atoms with E-state index in [9.17, 15) is 9.59 Å². The highest BCUT2D eigenvalue weighted by Crippen LogP contribution is 2.09. The summed E-state index contributed by atoms with van der Waals surface area (Å²) < 4.78 is 1.69. The molecule has 1 aromatic heterocycles. The summed E-state index contributed by atoms with van der Waals surface area (Å²) in [4.78, 5) is 26.4. The molecule has 0 radical (unpaired) electrons. The van der Waals surface area contributed by atoms with E-state index in [0.717, 1.165) is 23.9 Å².